The second-order valence-corrected chi connectivity index (χ2v) is 6.58. The van der Waals surface area contributed by atoms with Gasteiger partial charge in [-0.25, -0.2) is 4.79 Å². The topological polar surface area (TPSA) is 64.2 Å². The van der Waals surface area contributed by atoms with Crippen LogP contribution < -0.4 is 11.1 Å². The van der Waals surface area contributed by atoms with Crippen LogP contribution in [0.2, 0.25) is 0 Å². The molecular weight excluding hydrogens is 316 g/mol. The summed E-state index contributed by atoms with van der Waals surface area (Å²) in [5.74, 6) is -0.289. The van der Waals surface area contributed by atoms with E-state index in [0.717, 1.165) is 12.0 Å². The summed E-state index contributed by atoms with van der Waals surface area (Å²) < 4.78 is 6.54. The highest BCUT2D eigenvalue weighted by molar-refractivity contribution is 5.79. The third kappa shape index (κ3) is 3.99. The minimum Gasteiger partial charge on any atom is -0.408 e. The van der Waals surface area contributed by atoms with Crippen LogP contribution in [0, 0.1) is 5.92 Å². The highest BCUT2D eigenvalue weighted by Gasteiger charge is 2.18. The Labute approximate surface area is 146 Å². The van der Waals surface area contributed by atoms with E-state index in [4.69, 9.17) is 4.42 Å². The van der Waals surface area contributed by atoms with Gasteiger partial charge >= 0.3 is 5.76 Å². The summed E-state index contributed by atoms with van der Waals surface area (Å²) in [6, 6.07) is 16.9. The summed E-state index contributed by atoms with van der Waals surface area (Å²) in [6.07, 6.45) is 0.830. The fraction of sp³-hybridized carbons (Fsp3) is 0.300. The lowest BCUT2D eigenvalue weighted by atomic mass is 9.97. The molecule has 1 amide bonds. The largest absolute Gasteiger partial charge is 0.420 e. The van der Waals surface area contributed by atoms with Gasteiger partial charge in [-0.1, -0.05) is 56.3 Å². The molecule has 0 aliphatic heterocycles. The van der Waals surface area contributed by atoms with Gasteiger partial charge in [-0.2, -0.15) is 0 Å². The van der Waals surface area contributed by atoms with Crippen LogP contribution in [0.4, 0.5) is 0 Å². The van der Waals surface area contributed by atoms with Crippen LogP contribution >= 0.6 is 0 Å². The van der Waals surface area contributed by atoms with Crippen molar-refractivity contribution in [1.29, 1.82) is 0 Å². The van der Waals surface area contributed by atoms with Crippen LogP contribution in [-0.2, 0) is 11.3 Å². The first kappa shape index (κ1) is 17.0. The lowest BCUT2D eigenvalue weighted by Crippen LogP contribution is -2.34. The van der Waals surface area contributed by atoms with E-state index in [1.54, 1.807) is 18.2 Å². The molecule has 2 aromatic carbocycles. The van der Waals surface area contributed by atoms with Crippen molar-refractivity contribution in [2.75, 3.05) is 0 Å². The van der Waals surface area contributed by atoms with Crippen molar-refractivity contribution in [1.82, 2.24) is 9.88 Å². The predicted molar refractivity (Wildman–Crippen MR) is 97.3 cm³/mol. The van der Waals surface area contributed by atoms with Crippen molar-refractivity contribution in [3.05, 3.63) is 70.7 Å². The zero-order chi connectivity index (χ0) is 17.8. The van der Waals surface area contributed by atoms with Crippen LogP contribution in [0.5, 0.6) is 0 Å². The fourth-order valence-corrected chi connectivity index (χ4v) is 2.98. The van der Waals surface area contributed by atoms with E-state index in [0.29, 0.717) is 17.0 Å². The summed E-state index contributed by atoms with van der Waals surface area (Å²) in [4.78, 5) is 24.6. The third-order valence-corrected chi connectivity index (χ3v) is 4.12. The molecule has 5 nitrogen and oxygen atoms in total. The third-order valence-electron chi connectivity index (χ3n) is 4.12. The van der Waals surface area contributed by atoms with E-state index in [9.17, 15) is 9.59 Å². The van der Waals surface area contributed by atoms with Gasteiger partial charge in [0.15, 0.2) is 5.58 Å². The molecule has 0 unspecified atom stereocenters. The average Bonchev–Trinajstić information content (AvgIpc) is 2.90. The van der Waals surface area contributed by atoms with Gasteiger partial charge < -0.3 is 9.73 Å². The quantitative estimate of drug-likeness (QED) is 0.748. The molecular formula is C20H22N2O3. The van der Waals surface area contributed by atoms with Gasteiger partial charge in [0.25, 0.3) is 0 Å². The number of aromatic nitrogens is 1. The lowest BCUT2D eigenvalue weighted by Gasteiger charge is -2.21. The number of hydrogen-bond donors (Lipinski definition) is 1. The molecule has 0 saturated heterocycles. The van der Waals surface area contributed by atoms with Gasteiger partial charge in [0.1, 0.15) is 6.54 Å². The maximum absolute atomic E-state index is 12.6. The van der Waals surface area contributed by atoms with Crippen molar-refractivity contribution in [2.24, 2.45) is 5.92 Å². The number of amides is 1. The molecule has 1 N–H and O–H groups in total. The van der Waals surface area contributed by atoms with E-state index < -0.39 is 5.76 Å². The molecule has 0 fully saturated rings. The number of carbonyl (C=O) groups excluding carboxylic acids is 1. The smallest absolute Gasteiger partial charge is 0.408 e. The van der Waals surface area contributed by atoms with E-state index in [-0.39, 0.29) is 18.5 Å². The highest BCUT2D eigenvalue weighted by atomic mass is 16.4. The molecule has 3 rings (SSSR count). The molecule has 1 heterocycles. The van der Waals surface area contributed by atoms with Gasteiger partial charge in [0.2, 0.25) is 5.91 Å². The van der Waals surface area contributed by atoms with Gasteiger partial charge in [-0.3, -0.25) is 9.36 Å². The molecule has 25 heavy (non-hydrogen) atoms. The molecule has 1 atom stereocenters. The van der Waals surface area contributed by atoms with E-state index in [1.165, 1.54) is 4.57 Å². The molecule has 130 valence electrons. The molecule has 0 spiro atoms. The summed E-state index contributed by atoms with van der Waals surface area (Å²) >= 11 is 0. The maximum atomic E-state index is 12.6. The Hall–Kier alpha value is -2.82. The van der Waals surface area contributed by atoms with Crippen LogP contribution in [0.15, 0.2) is 63.8 Å². The second-order valence-electron chi connectivity index (χ2n) is 6.58. The average molecular weight is 338 g/mol. The number of rotatable bonds is 6. The standard InChI is InChI=1S/C20H22N2O3/c1-14(2)12-16(15-8-4-3-5-9-15)21-19(23)13-22-17-10-6-7-11-18(17)25-20(22)24/h3-11,14,16H,12-13H2,1-2H3,(H,21,23)/t16-/m1/s1. The minimum atomic E-state index is -0.517. The summed E-state index contributed by atoms with van der Waals surface area (Å²) in [7, 11) is 0. The Balaban J connectivity index is 1.79. The van der Waals surface area contributed by atoms with E-state index in [1.807, 2.05) is 36.4 Å². The van der Waals surface area contributed by atoms with Crippen molar-refractivity contribution >= 4 is 17.0 Å². The molecule has 3 aromatic rings. The SMILES string of the molecule is CC(C)C[C@@H](NC(=O)Cn1c(=O)oc2ccccc21)c1ccccc1. The molecule has 1 aromatic heterocycles. The predicted octanol–water partition coefficient (Wildman–Crippen LogP) is 3.50. The normalized spacial score (nSPS) is 12.4. The lowest BCUT2D eigenvalue weighted by molar-refractivity contribution is -0.122. The monoisotopic (exact) mass is 338 g/mol. The Morgan fingerprint density at radius 1 is 1.08 bits per heavy atom. The molecule has 0 saturated carbocycles. The Kier molecular flexibility index (Phi) is 5.03. The number of nitrogens with zero attached hydrogens (tertiary/aromatic N) is 1. The maximum Gasteiger partial charge on any atom is 0.420 e. The number of oxazole rings is 1. The molecule has 0 bridgehead atoms. The number of hydrogen-bond acceptors (Lipinski definition) is 3. The number of carbonyl (C=O) groups is 1. The number of nitrogens with one attached hydrogen (secondary N) is 1. The van der Waals surface area contributed by atoms with Crippen molar-refractivity contribution in [2.45, 2.75) is 32.9 Å². The van der Waals surface area contributed by atoms with E-state index >= 15 is 0 Å². The second kappa shape index (κ2) is 7.38. The molecule has 0 radical (unpaired) electrons. The summed E-state index contributed by atoms with van der Waals surface area (Å²) in [5.41, 5.74) is 2.18. The number of benzene rings is 2. The van der Waals surface area contributed by atoms with Crippen molar-refractivity contribution in [3.63, 3.8) is 0 Å². The van der Waals surface area contributed by atoms with Gasteiger partial charge in [-0.15, -0.1) is 0 Å². The van der Waals surface area contributed by atoms with Crippen LogP contribution in [0.25, 0.3) is 11.1 Å². The highest BCUT2D eigenvalue weighted by Crippen LogP contribution is 2.21. The molecule has 0 aliphatic rings. The Morgan fingerprint density at radius 3 is 2.48 bits per heavy atom. The van der Waals surface area contributed by atoms with Crippen LogP contribution in [0.1, 0.15) is 31.9 Å². The van der Waals surface area contributed by atoms with Crippen molar-refractivity contribution < 1.29 is 9.21 Å². The minimum absolute atomic E-state index is 0.0583. The first-order valence-corrected chi connectivity index (χ1v) is 8.47. The zero-order valence-electron chi connectivity index (χ0n) is 14.4. The summed E-state index contributed by atoms with van der Waals surface area (Å²) in [5, 5.41) is 3.05. The first-order chi connectivity index (χ1) is 12.0. The van der Waals surface area contributed by atoms with Gasteiger partial charge in [-0.05, 0) is 30.0 Å². The molecule has 5 heteroatoms. The Bertz CT molecular complexity index is 909. The fourth-order valence-electron chi connectivity index (χ4n) is 2.98. The van der Waals surface area contributed by atoms with Crippen molar-refractivity contribution in [3.8, 4) is 0 Å². The number of fused-ring (bicyclic) bond motifs is 1. The van der Waals surface area contributed by atoms with Gasteiger partial charge in [0, 0.05) is 0 Å². The van der Waals surface area contributed by atoms with Crippen LogP contribution in [0.3, 0.4) is 0 Å². The first-order valence-electron chi connectivity index (χ1n) is 8.47. The summed E-state index contributed by atoms with van der Waals surface area (Å²) in [6.45, 7) is 4.18. The van der Waals surface area contributed by atoms with Crippen LogP contribution in [-0.4, -0.2) is 10.5 Å². The number of para-hydroxylation sites is 2. The van der Waals surface area contributed by atoms with E-state index in [2.05, 4.69) is 19.2 Å². The zero-order valence-corrected chi connectivity index (χ0v) is 14.4. The Morgan fingerprint density at radius 2 is 1.76 bits per heavy atom. The molecule has 0 aliphatic carbocycles. The van der Waals surface area contributed by atoms with Gasteiger partial charge in [0.05, 0.1) is 11.6 Å².